The van der Waals surface area contributed by atoms with Crippen LogP contribution in [0.2, 0.25) is 5.02 Å². The van der Waals surface area contributed by atoms with Crippen LogP contribution < -0.4 is 10.1 Å². The molecule has 27 heavy (non-hydrogen) atoms. The van der Waals surface area contributed by atoms with Gasteiger partial charge in [-0.1, -0.05) is 17.7 Å². The van der Waals surface area contributed by atoms with Gasteiger partial charge in [0.1, 0.15) is 23.1 Å². The molecule has 0 aliphatic carbocycles. The van der Waals surface area contributed by atoms with Gasteiger partial charge in [-0.2, -0.15) is 0 Å². The number of benzene rings is 2. The summed E-state index contributed by atoms with van der Waals surface area (Å²) in [7, 11) is 1.53. The van der Waals surface area contributed by atoms with Gasteiger partial charge >= 0.3 is 0 Å². The molecule has 0 aliphatic heterocycles. The molecule has 3 aromatic rings. The molecule has 0 fully saturated rings. The number of methoxy groups -OCH3 is 1. The lowest BCUT2D eigenvalue weighted by atomic mass is 10.0. The van der Waals surface area contributed by atoms with Gasteiger partial charge in [0.2, 0.25) is 0 Å². The van der Waals surface area contributed by atoms with Gasteiger partial charge in [0.05, 0.1) is 17.8 Å². The number of hydrogen-bond acceptors (Lipinski definition) is 4. The third kappa shape index (κ3) is 4.14. The molecular weight excluding hydrogens is 367 g/mol. The van der Waals surface area contributed by atoms with Crippen LogP contribution in [0.25, 0.3) is 22.4 Å². The Balaban J connectivity index is 2.20. The Morgan fingerprint density at radius 3 is 2.56 bits per heavy atom. The van der Waals surface area contributed by atoms with E-state index in [4.69, 9.17) is 16.3 Å². The van der Waals surface area contributed by atoms with E-state index in [1.54, 1.807) is 36.4 Å². The Morgan fingerprint density at radius 2 is 1.93 bits per heavy atom. The van der Waals surface area contributed by atoms with Crippen molar-refractivity contribution in [3.63, 3.8) is 0 Å². The van der Waals surface area contributed by atoms with E-state index in [-0.39, 0.29) is 11.8 Å². The molecule has 6 heteroatoms. The first-order chi connectivity index (χ1) is 12.9. The van der Waals surface area contributed by atoms with Gasteiger partial charge in [0.15, 0.2) is 0 Å². The van der Waals surface area contributed by atoms with Crippen LogP contribution in [0.4, 0.5) is 10.2 Å². The number of nitrogens with zero attached hydrogens (tertiary/aromatic N) is 1. The summed E-state index contributed by atoms with van der Waals surface area (Å²) >= 11 is 6.24. The first-order valence-electron chi connectivity index (χ1n) is 8.49. The molecule has 0 spiro atoms. The van der Waals surface area contributed by atoms with E-state index >= 15 is 0 Å². The number of aromatic hydroxyl groups is 1. The fraction of sp³-hybridized carbons (Fsp3) is 0.190. The zero-order valence-electron chi connectivity index (χ0n) is 15.3. The van der Waals surface area contributed by atoms with E-state index in [0.29, 0.717) is 39.0 Å². The van der Waals surface area contributed by atoms with Crippen molar-refractivity contribution in [2.24, 2.45) is 0 Å². The molecule has 1 heterocycles. The maximum Gasteiger partial charge on any atom is 0.132 e. The topological polar surface area (TPSA) is 54.4 Å². The lowest BCUT2D eigenvalue weighted by molar-refractivity contribution is 0.408. The Morgan fingerprint density at radius 1 is 1.15 bits per heavy atom. The lowest BCUT2D eigenvalue weighted by Crippen LogP contribution is -2.11. The van der Waals surface area contributed by atoms with Crippen molar-refractivity contribution in [3.05, 3.63) is 59.4 Å². The molecule has 0 aliphatic rings. The SMILES string of the molecule is COc1ccc(-c2cc(-c3c(F)cccc3Cl)cc(NC(C)C)n2)c(O)c1. The van der Waals surface area contributed by atoms with Crippen LogP contribution in [0.15, 0.2) is 48.5 Å². The molecule has 2 N–H and O–H groups in total. The number of ether oxygens (including phenoxy) is 1. The molecule has 0 atom stereocenters. The molecule has 0 unspecified atom stereocenters. The minimum absolute atomic E-state index is 0.0223. The highest BCUT2D eigenvalue weighted by Gasteiger charge is 2.15. The molecule has 4 nitrogen and oxygen atoms in total. The predicted octanol–water partition coefficient (Wildman–Crippen LogP) is 5.74. The number of anilines is 1. The standard InChI is InChI=1S/C21H20ClFN2O2/c1-12(2)24-20-10-13(21-16(22)5-4-6-17(21)23)9-18(25-20)15-8-7-14(27-3)11-19(15)26/h4-12,26H,1-3H3,(H,24,25). The number of halogens is 2. The zero-order valence-corrected chi connectivity index (χ0v) is 16.0. The fourth-order valence-electron chi connectivity index (χ4n) is 2.81. The van der Waals surface area contributed by atoms with Crippen molar-refractivity contribution in [3.8, 4) is 33.9 Å². The number of rotatable bonds is 5. The molecular formula is C21H20ClFN2O2. The molecule has 1 aromatic heterocycles. The van der Waals surface area contributed by atoms with Gasteiger partial charge in [-0.05, 0) is 55.8 Å². The summed E-state index contributed by atoms with van der Waals surface area (Å²) in [4.78, 5) is 4.57. The van der Waals surface area contributed by atoms with Crippen LogP contribution >= 0.6 is 11.6 Å². The average Bonchev–Trinajstić information content (AvgIpc) is 2.60. The number of aromatic nitrogens is 1. The lowest BCUT2D eigenvalue weighted by Gasteiger charge is -2.15. The van der Waals surface area contributed by atoms with Gasteiger partial charge in [0, 0.05) is 23.2 Å². The third-order valence-electron chi connectivity index (χ3n) is 3.99. The van der Waals surface area contributed by atoms with E-state index in [0.717, 1.165) is 0 Å². The Hall–Kier alpha value is -2.79. The molecule has 0 amide bonds. The van der Waals surface area contributed by atoms with E-state index < -0.39 is 5.82 Å². The van der Waals surface area contributed by atoms with Crippen LogP contribution in [-0.2, 0) is 0 Å². The van der Waals surface area contributed by atoms with Crippen molar-refractivity contribution < 1.29 is 14.2 Å². The second kappa shape index (κ2) is 7.84. The van der Waals surface area contributed by atoms with Crippen molar-refractivity contribution >= 4 is 17.4 Å². The minimum atomic E-state index is -0.422. The van der Waals surface area contributed by atoms with Crippen LogP contribution in [0.1, 0.15) is 13.8 Å². The zero-order chi connectivity index (χ0) is 19.6. The van der Waals surface area contributed by atoms with Gasteiger partial charge in [-0.3, -0.25) is 0 Å². The van der Waals surface area contributed by atoms with E-state index in [9.17, 15) is 9.50 Å². The molecule has 2 aromatic carbocycles. The fourth-order valence-corrected chi connectivity index (χ4v) is 3.08. The van der Waals surface area contributed by atoms with Crippen LogP contribution in [-0.4, -0.2) is 23.2 Å². The maximum absolute atomic E-state index is 14.5. The number of pyridine rings is 1. The van der Waals surface area contributed by atoms with Gasteiger partial charge in [0.25, 0.3) is 0 Å². The molecule has 0 radical (unpaired) electrons. The average molecular weight is 387 g/mol. The van der Waals surface area contributed by atoms with Gasteiger partial charge < -0.3 is 15.2 Å². The van der Waals surface area contributed by atoms with Crippen LogP contribution in [0, 0.1) is 5.82 Å². The molecule has 0 saturated carbocycles. The van der Waals surface area contributed by atoms with Crippen LogP contribution in [0.3, 0.4) is 0 Å². The highest BCUT2D eigenvalue weighted by Crippen LogP contribution is 2.37. The first-order valence-corrected chi connectivity index (χ1v) is 8.87. The molecule has 0 saturated heterocycles. The van der Waals surface area contributed by atoms with Crippen molar-refractivity contribution in [1.29, 1.82) is 0 Å². The first kappa shape index (κ1) is 19.0. The summed E-state index contributed by atoms with van der Waals surface area (Å²) in [6.07, 6.45) is 0. The molecule has 140 valence electrons. The Labute approximate surface area is 162 Å². The minimum Gasteiger partial charge on any atom is -0.507 e. The van der Waals surface area contributed by atoms with Crippen LogP contribution in [0.5, 0.6) is 11.5 Å². The molecule has 3 rings (SSSR count). The number of phenols is 1. The predicted molar refractivity (Wildman–Crippen MR) is 107 cm³/mol. The summed E-state index contributed by atoms with van der Waals surface area (Å²) in [5.74, 6) is 0.695. The monoisotopic (exact) mass is 386 g/mol. The second-order valence-electron chi connectivity index (χ2n) is 6.41. The number of hydrogen-bond donors (Lipinski definition) is 2. The number of phenolic OH excluding ortho intramolecular Hbond substituents is 1. The summed E-state index contributed by atoms with van der Waals surface area (Å²) in [5.41, 5.74) is 1.87. The third-order valence-corrected chi connectivity index (χ3v) is 4.31. The van der Waals surface area contributed by atoms with E-state index in [1.807, 2.05) is 13.8 Å². The van der Waals surface area contributed by atoms with Gasteiger partial charge in [-0.25, -0.2) is 9.37 Å². The van der Waals surface area contributed by atoms with Gasteiger partial charge in [-0.15, -0.1) is 0 Å². The quantitative estimate of drug-likeness (QED) is 0.586. The highest BCUT2D eigenvalue weighted by molar-refractivity contribution is 6.33. The van der Waals surface area contributed by atoms with Crippen molar-refractivity contribution in [2.45, 2.75) is 19.9 Å². The summed E-state index contributed by atoms with van der Waals surface area (Å²) in [5, 5.41) is 13.9. The summed E-state index contributed by atoms with van der Waals surface area (Å²) in [6, 6.07) is 13.1. The normalized spacial score (nSPS) is 10.9. The van der Waals surface area contributed by atoms with E-state index in [2.05, 4.69) is 10.3 Å². The van der Waals surface area contributed by atoms with Crippen molar-refractivity contribution in [2.75, 3.05) is 12.4 Å². The Bertz CT molecular complexity index is 956. The highest BCUT2D eigenvalue weighted by atomic mass is 35.5. The van der Waals surface area contributed by atoms with E-state index in [1.165, 1.54) is 19.2 Å². The Kier molecular flexibility index (Phi) is 5.51. The smallest absolute Gasteiger partial charge is 0.132 e. The largest absolute Gasteiger partial charge is 0.507 e. The summed E-state index contributed by atoms with van der Waals surface area (Å²) in [6.45, 7) is 3.96. The number of nitrogens with one attached hydrogen (secondary N) is 1. The molecule has 0 bridgehead atoms. The second-order valence-corrected chi connectivity index (χ2v) is 6.81. The summed E-state index contributed by atoms with van der Waals surface area (Å²) < 4.78 is 19.6. The van der Waals surface area contributed by atoms with Crippen molar-refractivity contribution in [1.82, 2.24) is 4.98 Å². The maximum atomic E-state index is 14.5.